The van der Waals surface area contributed by atoms with Crippen LogP contribution in [0.3, 0.4) is 0 Å². The third-order valence-electron chi connectivity index (χ3n) is 15.7. The van der Waals surface area contributed by atoms with E-state index in [2.05, 4.69) is 14.2 Å². The van der Waals surface area contributed by atoms with Gasteiger partial charge in [0.05, 0.1) is 95.2 Å². The first kappa shape index (κ1) is 31.1. The summed E-state index contributed by atoms with van der Waals surface area (Å²) in [5, 5.41) is 0. The van der Waals surface area contributed by atoms with E-state index >= 15 is 0 Å². The highest BCUT2D eigenvalue weighted by Gasteiger charge is 2.41. The quantitative estimate of drug-likeness (QED) is 0.0403. The molecule has 10 rings (SSSR count). The molecule has 15 heteroatoms. The molecule has 5 saturated heterocycles. The summed E-state index contributed by atoms with van der Waals surface area (Å²) in [7, 11) is 2.48. The van der Waals surface area contributed by atoms with E-state index in [1.54, 1.807) is 18.9 Å². The monoisotopic (exact) mass is 1500 g/mol. The van der Waals surface area contributed by atoms with Gasteiger partial charge in [0, 0.05) is 63.1 Å². The molecule has 0 amide bonds. The number of carbonyl (C=O) groups excluding carboxylic acids is 5. The van der Waals surface area contributed by atoms with Crippen molar-refractivity contribution < 1.29 is 141 Å². The summed E-state index contributed by atoms with van der Waals surface area (Å²) < 4.78 is 572. The zero-order chi connectivity index (χ0) is 135. The van der Waals surface area contributed by atoms with Crippen LogP contribution in [0, 0.1) is 54.8 Å². The number of hydrogen-bond donors (Lipinski definition) is 0. The Morgan fingerprint density at radius 1 is 0.385 bits per heavy atom. The fourth-order valence-corrected chi connectivity index (χ4v) is 10.9. The minimum atomic E-state index is -3.98. The maximum atomic E-state index is 13.0. The van der Waals surface area contributed by atoms with Crippen molar-refractivity contribution in [2.45, 2.75) is 190 Å². The maximum Gasteiger partial charge on any atom is 0.306 e. The molecule has 5 heterocycles. The topological polar surface area (TPSA) is 148 Å². The van der Waals surface area contributed by atoms with Gasteiger partial charge in [-0.3, -0.25) is 24.0 Å². The Hall–Kier alpha value is -6.75. The van der Waals surface area contributed by atoms with Gasteiger partial charge in [0.2, 0.25) is 0 Å². The Morgan fingerprint density at radius 3 is 1.01 bits per heavy atom. The second kappa shape index (κ2) is 43.8. The lowest BCUT2D eigenvalue weighted by atomic mass is 9.71. The smallest absolute Gasteiger partial charge is 0.306 e. The first-order chi connectivity index (χ1) is 76.4. The van der Waals surface area contributed by atoms with Crippen LogP contribution in [0.1, 0.15) is 274 Å². The number of carbonyl (C=O) groups is 5. The van der Waals surface area contributed by atoms with Crippen LogP contribution in [-0.2, 0) is 79.8 Å². The molecule has 0 bridgehead atoms. The van der Waals surface area contributed by atoms with Gasteiger partial charge in [-0.1, -0.05) is 149 Å². The Kier molecular flexibility index (Phi) is 13.1. The van der Waals surface area contributed by atoms with Crippen molar-refractivity contribution in [1.82, 2.24) is 24.5 Å². The zero-order valence-corrected chi connectivity index (χ0v) is 58.9. The third-order valence-corrected chi connectivity index (χ3v) is 15.7. The number of esters is 5. The molecule has 0 aliphatic carbocycles. The molecule has 5 aromatic carbocycles. The van der Waals surface area contributed by atoms with Crippen molar-refractivity contribution in [1.29, 1.82) is 0 Å². The molecule has 0 spiro atoms. The van der Waals surface area contributed by atoms with Gasteiger partial charge in [0.1, 0.15) is 0 Å². The van der Waals surface area contributed by atoms with Gasteiger partial charge in [0.15, 0.2) is 0 Å². The lowest BCUT2D eigenvalue weighted by molar-refractivity contribution is -0.147. The molecule has 5 fully saturated rings. The second-order valence-electron chi connectivity index (χ2n) is 24.5. The van der Waals surface area contributed by atoms with E-state index in [1.165, 1.54) is 32.6 Å². The molecule has 15 nitrogen and oxygen atoms in total. The van der Waals surface area contributed by atoms with Gasteiger partial charge in [-0.2, -0.15) is 0 Å². The highest BCUT2D eigenvalue weighted by molar-refractivity contribution is 5.72. The molecule has 0 radical (unpaired) electrons. The molecule has 0 unspecified atom stereocenters. The van der Waals surface area contributed by atoms with Crippen LogP contribution in [0.2, 0.25) is 0 Å². The van der Waals surface area contributed by atoms with E-state index in [4.69, 9.17) is 103 Å². The molecule has 5 aliphatic heterocycles. The van der Waals surface area contributed by atoms with Crippen molar-refractivity contribution in [2.75, 3.05) is 133 Å². The van der Waals surface area contributed by atoms with Crippen LogP contribution in [-0.4, -0.2) is 187 Å². The van der Waals surface area contributed by atoms with E-state index in [0.717, 1.165) is 19.5 Å². The zero-order valence-electron chi connectivity index (χ0n) is 127. The van der Waals surface area contributed by atoms with Gasteiger partial charge < -0.3 is 48.2 Å². The number of ether oxygens (including phenoxy) is 5. The Labute approximate surface area is 723 Å². The second-order valence-corrected chi connectivity index (χ2v) is 24.5. The van der Waals surface area contributed by atoms with Crippen LogP contribution in [0.4, 0.5) is 0 Å². The normalized spacial score (nSPS) is 36.0. The summed E-state index contributed by atoms with van der Waals surface area (Å²) in [4.78, 5) is 65.3. The van der Waals surface area contributed by atoms with Crippen molar-refractivity contribution in [3.05, 3.63) is 177 Å². The van der Waals surface area contributed by atoms with Crippen molar-refractivity contribution in [3.8, 4) is 0 Å². The van der Waals surface area contributed by atoms with Crippen LogP contribution >= 0.6 is 0 Å². The van der Waals surface area contributed by atoms with E-state index in [1.807, 2.05) is 30.3 Å². The number of piperidine rings is 5. The third kappa shape index (κ3) is 30.6. The highest BCUT2D eigenvalue weighted by Crippen LogP contribution is 2.43. The average Bonchev–Trinajstić information content (AvgIpc) is 0.641. The number of nitrogens with zero attached hydrogens (tertiary/aromatic N) is 5. The fraction of sp³-hybridized carbons (Fsp3) is 0.607. The number of likely N-dealkylation sites (tertiary alicyclic amines) is 5. The SMILES string of the molecule is [2H]C1([2H])CN(C)CC([2H])([2H])C1(CC(=O)OCC)Cc1ccccc1.[2H]c1c([2H])c(C)c([2H])c(CC2(CC(=O)OC([2H])([2H])C([2H])([2H])[2H])C([2H])([2H])C([2H])([2H])N(C([2H])([2H])[2H])C([2H])([2H])C2([2H])[2H])c1[2H].[2H]c1c([2H])c(C)c([2H])c(CC2(CC(=O)OC([2H])([2H])C([2H])([2H])[2H])C([2H])([2H])C([2H])([2H])N(C)C([2H])([2H])C2([2H])[2H])c1[2H].[2H]c1c([2H])c(C)c([2H])c(CC2(CC(=O)OC([2H])([2H])C([2H])([2H])[2H])CCN(C([2H])([2H])[2H])CC2)c1[2H].[2H]c1c([2H])c(C)c([2H])c(CC2(CC(=O)OCC)C([2H])([2H])C([2H])([2H])N(C([2H])([2H])[2H])C([2H])([2H])C2([2H])[2H])c1[2H]. The van der Waals surface area contributed by atoms with E-state index in [9.17, 15) is 24.0 Å². The Balaban J connectivity index is 0.000000328. The predicted octanol–water partition coefficient (Wildman–Crippen LogP) is 15.7. The number of benzene rings is 5. The molecular formula is C89H133N5O10. The fourth-order valence-electron chi connectivity index (χ4n) is 10.9. The Morgan fingerprint density at radius 2 is 0.683 bits per heavy atom. The first-order valence-electron chi connectivity index (χ1n) is 66.5. The largest absolute Gasteiger partial charge is 0.466 e. The summed E-state index contributed by atoms with van der Waals surface area (Å²) in [5.74, 6) is -6.74. The molecule has 0 saturated carbocycles. The number of rotatable bonds is 25. The highest BCUT2D eigenvalue weighted by atomic mass is 16.5. The predicted molar refractivity (Wildman–Crippen MR) is 422 cm³/mol. The molecule has 104 heavy (non-hydrogen) atoms. The summed E-state index contributed by atoms with van der Waals surface area (Å²) in [6.45, 7) is -44.4. The molecule has 5 aliphatic rings. The van der Waals surface area contributed by atoms with Crippen molar-refractivity contribution in [2.24, 2.45) is 27.1 Å². The summed E-state index contributed by atoms with van der Waals surface area (Å²) in [6.07, 6.45) is -34.8. The summed E-state index contributed by atoms with van der Waals surface area (Å²) >= 11 is 0. The molecule has 0 N–H and O–H groups in total. The average molecular weight is 1500 g/mol. The van der Waals surface area contributed by atoms with Gasteiger partial charge in [-0.05, 0) is 313 Å². The van der Waals surface area contributed by atoms with Crippen LogP contribution in [0.25, 0.3) is 0 Å². The van der Waals surface area contributed by atoms with Crippen molar-refractivity contribution in [3.63, 3.8) is 0 Å². The van der Waals surface area contributed by atoms with E-state index in [0.29, 0.717) is 0 Å². The van der Waals surface area contributed by atoms with Gasteiger partial charge in [-0.15, -0.1) is 0 Å². The molecular weight excluding hydrogens is 1300 g/mol. The molecule has 0 aromatic heterocycles. The molecule has 574 valence electrons. The number of hydrogen-bond acceptors (Lipinski definition) is 15. The van der Waals surface area contributed by atoms with Crippen LogP contribution in [0.15, 0.2) is 127 Å². The standard InChI is InChI=1S/4C18H27NO2.C17H25NO2/c4*1-4-21-17(20)14-18(8-10-19(3)11-9-18)13-16-7-5-6-15(2)12-16;1-3-20-16(19)14-17(9-11-18(2)12-10-17)13-15-7-5-4-6-8-15/h4*5-7,12H,4,8-11,13-14H2,1-3H3;4-8H,3,9-14H2,1-2H3/i1D3,3D3,4D2,5D,6D,7D,8D2,9D2,10D2,11D2,12D;1D3,4D2,5D,6D,7D,8D2,9D2,10D2,11D2,12D;3D3,5D,6D,7D,8D2,9D2,10D2,11D2,12D;1D3,3D3,4D2,5D,6D,7D,12D;9D2,10D2. The maximum absolute atomic E-state index is 13.0. The van der Waals surface area contributed by atoms with Crippen LogP contribution < -0.4 is 0 Å². The lowest BCUT2D eigenvalue weighted by Gasteiger charge is -2.40. The minimum absolute atomic E-state index is 0.0554. The molecule has 0 atom stereocenters. The van der Waals surface area contributed by atoms with Gasteiger partial charge >= 0.3 is 29.8 Å². The van der Waals surface area contributed by atoms with Gasteiger partial charge in [-0.25, -0.2) is 0 Å². The summed E-state index contributed by atoms with van der Waals surface area (Å²) in [5.41, 5.74) is -13.5. The lowest BCUT2D eigenvalue weighted by Crippen LogP contribution is -2.40. The van der Waals surface area contributed by atoms with E-state index in [-0.39, 0.29) is 128 Å². The van der Waals surface area contributed by atoms with E-state index < -0.39 is 352 Å². The van der Waals surface area contributed by atoms with Gasteiger partial charge in [0.25, 0.3) is 0 Å². The summed E-state index contributed by atoms with van der Waals surface area (Å²) in [6, 6.07) is -0.133. The van der Waals surface area contributed by atoms with Crippen LogP contribution in [0.5, 0.6) is 0 Å². The first-order valence-corrected chi connectivity index (χ1v) is 32.5. The minimum Gasteiger partial charge on any atom is -0.466 e. The van der Waals surface area contributed by atoms with Crippen molar-refractivity contribution >= 4 is 29.8 Å². The molecule has 5 aromatic rings. The Bertz CT molecular complexity index is 6450.